The van der Waals surface area contributed by atoms with Gasteiger partial charge < -0.3 is 15.7 Å². The van der Waals surface area contributed by atoms with Gasteiger partial charge in [-0.25, -0.2) is 9.59 Å². The van der Waals surface area contributed by atoms with Gasteiger partial charge in [0.1, 0.15) is 0 Å². The highest BCUT2D eigenvalue weighted by Gasteiger charge is 2.45. The first-order chi connectivity index (χ1) is 9.84. The maximum Gasteiger partial charge on any atom is 0.331 e. The van der Waals surface area contributed by atoms with Crippen molar-refractivity contribution in [2.75, 3.05) is 6.54 Å². The summed E-state index contributed by atoms with van der Waals surface area (Å²) >= 11 is 0. The molecule has 0 aromatic carbocycles. The van der Waals surface area contributed by atoms with Crippen LogP contribution in [0.25, 0.3) is 0 Å². The van der Waals surface area contributed by atoms with Crippen molar-refractivity contribution in [1.82, 2.24) is 20.4 Å². The van der Waals surface area contributed by atoms with Crippen molar-refractivity contribution >= 4 is 12.0 Å². The van der Waals surface area contributed by atoms with Crippen molar-refractivity contribution in [3.63, 3.8) is 0 Å². The largest absolute Gasteiger partial charge is 0.479 e. The topological polar surface area (TPSA) is 96.2 Å². The number of urea groups is 1. The number of carboxylic acid groups (broad SMARTS) is 1. The summed E-state index contributed by atoms with van der Waals surface area (Å²) in [6.07, 6.45) is 5.23. The van der Waals surface area contributed by atoms with E-state index in [1.54, 1.807) is 13.2 Å². The number of amides is 2. The number of carbonyl (C=O) groups is 2. The number of carbonyl (C=O) groups excluding carboxylic acids is 1. The predicted molar refractivity (Wildman–Crippen MR) is 76.6 cm³/mol. The van der Waals surface area contributed by atoms with Crippen LogP contribution in [0.15, 0.2) is 12.4 Å². The average molecular weight is 294 g/mol. The second kappa shape index (κ2) is 5.75. The lowest BCUT2D eigenvalue weighted by Crippen LogP contribution is -2.43. The molecule has 0 aliphatic heterocycles. The first-order valence-corrected chi connectivity index (χ1v) is 7.10. The maximum atomic E-state index is 11.9. The van der Waals surface area contributed by atoms with Gasteiger partial charge in [-0.2, -0.15) is 5.10 Å². The van der Waals surface area contributed by atoms with Crippen LogP contribution in [0.5, 0.6) is 0 Å². The molecule has 7 nitrogen and oxygen atoms in total. The zero-order valence-electron chi connectivity index (χ0n) is 12.6. The average Bonchev–Trinajstić information content (AvgIpc) is 3.10. The summed E-state index contributed by atoms with van der Waals surface area (Å²) in [6, 6.07) is -1.55. The molecule has 0 radical (unpaired) electrons. The van der Waals surface area contributed by atoms with E-state index in [9.17, 15) is 14.7 Å². The number of nitrogens with zero attached hydrogens (tertiary/aromatic N) is 2. The minimum atomic E-state index is -1.11. The summed E-state index contributed by atoms with van der Waals surface area (Å²) in [6.45, 7) is 4.86. The Morgan fingerprint density at radius 2 is 2.14 bits per heavy atom. The third-order valence-electron chi connectivity index (χ3n) is 4.30. The molecule has 1 aliphatic rings. The molecule has 116 valence electrons. The molecular weight excluding hydrogens is 272 g/mol. The molecule has 1 aromatic heterocycles. The van der Waals surface area contributed by atoms with E-state index in [1.807, 2.05) is 0 Å². The lowest BCUT2D eigenvalue weighted by molar-refractivity contribution is -0.139. The second-order valence-corrected chi connectivity index (χ2v) is 6.06. The first kappa shape index (κ1) is 15.3. The van der Waals surface area contributed by atoms with Crippen molar-refractivity contribution in [2.45, 2.75) is 32.7 Å². The van der Waals surface area contributed by atoms with Crippen LogP contribution >= 0.6 is 0 Å². The highest BCUT2D eigenvalue weighted by atomic mass is 16.4. The molecule has 0 bridgehead atoms. The minimum absolute atomic E-state index is 0.185. The molecular formula is C14H22N4O3. The molecule has 1 aliphatic carbocycles. The molecule has 1 atom stereocenters. The van der Waals surface area contributed by atoms with Gasteiger partial charge in [-0.1, -0.05) is 13.8 Å². The van der Waals surface area contributed by atoms with Crippen LogP contribution in [0.3, 0.4) is 0 Å². The summed E-state index contributed by atoms with van der Waals surface area (Å²) in [5, 5.41) is 18.4. The fraction of sp³-hybridized carbons (Fsp3) is 0.643. The smallest absolute Gasteiger partial charge is 0.331 e. The Labute approximate surface area is 123 Å². The molecule has 1 unspecified atom stereocenters. The van der Waals surface area contributed by atoms with Gasteiger partial charge in [0.25, 0.3) is 0 Å². The van der Waals surface area contributed by atoms with E-state index in [4.69, 9.17) is 0 Å². The number of aromatic nitrogens is 2. The SMILES string of the molecule is CC(C)C1(CNC(=O)NC(C(=O)O)c2cnn(C)c2)CC1. The second-order valence-electron chi connectivity index (χ2n) is 6.06. The number of aliphatic carboxylic acids is 1. The molecule has 7 heteroatoms. The Morgan fingerprint density at radius 3 is 2.57 bits per heavy atom. The molecule has 1 fully saturated rings. The number of aryl methyl sites for hydroxylation is 1. The third kappa shape index (κ3) is 3.53. The Bertz CT molecular complexity index is 534. The first-order valence-electron chi connectivity index (χ1n) is 7.10. The lowest BCUT2D eigenvalue weighted by Gasteiger charge is -2.21. The highest BCUT2D eigenvalue weighted by Crippen LogP contribution is 2.51. The van der Waals surface area contributed by atoms with Gasteiger partial charge >= 0.3 is 12.0 Å². The van der Waals surface area contributed by atoms with Crippen molar-refractivity contribution in [1.29, 1.82) is 0 Å². The third-order valence-corrected chi connectivity index (χ3v) is 4.30. The molecule has 0 spiro atoms. The van der Waals surface area contributed by atoms with Crippen LogP contribution in [0, 0.1) is 11.3 Å². The Hall–Kier alpha value is -2.05. The van der Waals surface area contributed by atoms with E-state index < -0.39 is 18.0 Å². The van der Waals surface area contributed by atoms with Gasteiger partial charge in [-0.15, -0.1) is 0 Å². The van der Waals surface area contributed by atoms with Crippen LogP contribution in [0.2, 0.25) is 0 Å². The fourth-order valence-corrected chi connectivity index (χ4v) is 2.43. The Kier molecular flexibility index (Phi) is 4.20. The van der Waals surface area contributed by atoms with E-state index in [0.29, 0.717) is 18.0 Å². The van der Waals surface area contributed by atoms with E-state index in [1.165, 1.54) is 10.9 Å². The monoisotopic (exact) mass is 294 g/mol. The van der Waals surface area contributed by atoms with Gasteiger partial charge in [-0.3, -0.25) is 4.68 Å². The van der Waals surface area contributed by atoms with Gasteiger partial charge in [0.15, 0.2) is 6.04 Å². The quantitative estimate of drug-likeness (QED) is 0.736. The molecule has 0 saturated heterocycles. The molecule has 2 rings (SSSR count). The van der Waals surface area contributed by atoms with Crippen LogP contribution in [-0.4, -0.2) is 33.4 Å². The molecule has 1 heterocycles. The van der Waals surface area contributed by atoms with Gasteiger partial charge in [0.05, 0.1) is 6.20 Å². The van der Waals surface area contributed by atoms with Crippen LogP contribution < -0.4 is 10.6 Å². The maximum absolute atomic E-state index is 11.9. The normalized spacial score (nSPS) is 17.3. The summed E-state index contributed by atoms with van der Waals surface area (Å²) < 4.78 is 1.50. The predicted octanol–water partition coefficient (Wildman–Crippen LogP) is 1.28. The van der Waals surface area contributed by atoms with E-state index in [2.05, 4.69) is 29.6 Å². The van der Waals surface area contributed by atoms with E-state index in [0.717, 1.165) is 12.8 Å². The number of carboxylic acids is 1. The van der Waals surface area contributed by atoms with Gasteiger partial charge in [0.2, 0.25) is 0 Å². The lowest BCUT2D eigenvalue weighted by atomic mass is 9.92. The highest BCUT2D eigenvalue weighted by molar-refractivity contribution is 5.83. The number of hydrogen-bond donors (Lipinski definition) is 3. The van der Waals surface area contributed by atoms with Crippen LogP contribution in [0.4, 0.5) is 4.79 Å². The Morgan fingerprint density at radius 1 is 1.48 bits per heavy atom. The number of rotatable bonds is 6. The fourth-order valence-electron chi connectivity index (χ4n) is 2.43. The summed E-state index contributed by atoms with van der Waals surface area (Å²) in [4.78, 5) is 23.2. The van der Waals surface area contributed by atoms with Crippen molar-refractivity contribution in [2.24, 2.45) is 18.4 Å². The van der Waals surface area contributed by atoms with Gasteiger partial charge in [-0.05, 0) is 24.2 Å². The molecule has 1 aromatic rings. The zero-order valence-corrected chi connectivity index (χ0v) is 12.6. The summed E-state index contributed by atoms with van der Waals surface area (Å²) in [5.41, 5.74) is 0.634. The molecule has 1 saturated carbocycles. The summed E-state index contributed by atoms with van der Waals surface area (Å²) in [5.74, 6) is -0.602. The number of nitrogens with one attached hydrogen (secondary N) is 2. The Balaban J connectivity index is 1.92. The minimum Gasteiger partial charge on any atom is -0.479 e. The van der Waals surface area contributed by atoms with Crippen LogP contribution in [-0.2, 0) is 11.8 Å². The molecule has 3 N–H and O–H groups in total. The molecule has 21 heavy (non-hydrogen) atoms. The van der Waals surface area contributed by atoms with Crippen molar-refractivity contribution in [3.05, 3.63) is 18.0 Å². The number of hydrogen-bond acceptors (Lipinski definition) is 3. The van der Waals surface area contributed by atoms with E-state index in [-0.39, 0.29) is 5.41 Å². The zero-order chi connectivity index (χ0) is 15.6. The van der Waals surface area contributed by atoms with Crippen molar-refractivity contribution < 1.29 is 14.7 Å². The van der Waals surface area contributed by atoms with Gasteiger partial charge in [0, 0.05) is 25.4 Å². The van der Waals surface area contributed by atoms with Crippen molar-refractivity contribution in [3.8, 4) is 0 Å². The van der Waals surface area contributed by atoms with E-state index >= 15 is 0 Å². The molecule has 2 amide bonds. The standard InChI is InChI=1S/C14H22N4O3/c1-9(2)14(4-5-14)8-15-13(21)17-11(12(19)20)10-6-16-18(3)7-10/h6-7,9,11H,4-5,8H2,1-3H3,(H,19,20)(H2,15,17,21). The summed E-state index contributed by atoms with van der Waals surface area (Å²) in [7, 11) is 1.70. The van der Waals surface area contributed by atoms with Crippen LogP contribution in [0.1, 0.15) is 38.3 Å².